The van der Waals surface area contributed by atoms with Crippen molar-refractivity contribution in [1.29, 1.82) is 0 Å². The highest BCUT2D eigenvalue weighted by Gasteiger charge is 2.36. The molecule has 1 saturated carbocycles. The number of carbonyl (C=O) groups excluding carboxylic acids is 1. The average Bonchev–Trinajstić information content (AvgIpc) is 3.43. The number of hydrogen-bond donors (Lipinski definition) is 2. The number of carboxylic acid groups (broad SMARTS) is 1. The number of carbonyl (C=O) groups is 2. The van der Waals surface area contributed by atoms with E-state index in [1.54, 1.807) is 6.08 Å². The zero-order valence-corrected chi connectivity index (χ0v) is 14.7. The molecule has 1 fully saturated rings. The van der Waals surface area contributed by atoms with Gasteiger partial charge in [0.15, 0.2) is 5.78 Å². The highest BCUT2D eigenvalue weighted by molar-refractivity contribution is 6.17. The summed E-state index contributed by atoms with van der Waals surface area (Å²) in [7, 11) is 0. The van der Waals surface area contributed by atoms with Gasteiger partial charge in [-0.15, -0.1) is 0 Å². The number of nitrogens with two attached hydrogens (primary N) is 1. The molecule has 0 spiro atoms. The molecule has 4 heteroatoms. The van der Waals surface area contributed by atoms with Gasteiger partial charge in [-0.1, -0.05) is 24.3 Å². The lowest BCUT2D eigenvalue weighted by Gasteiger charge is -2.25. The van der Waals surface area contributed by atoms with E-state index in [0.717, 1.165) is 46.4 Å². The molecule has 0 aliphatic heterocycles. The summed E-state index contributed by atoms with van der Waals surface area (Å²) in [6.07, 6.45) is 8.06. The highest BCUT2D eigenvalue weighted by Crippen LogP contribution is 2.47. The van der Waals surface area contributed by atoms with E-state index in [4.69, 9.17) is 5.73 Å². The molecule has 1 atom stereocenters. The molecule has 3 aliphatic carbocycles. The third-order valence-corrected chi connectivity index (χ3v) is 5.46. The molecule has 3 aliphatic rings. The molecular formula is C22H21NO3. The maximum Gasteiger partial charge on any atom is 0.339 e. The van der Waals surface area contributed by atoms with Gasteiger partial charge >= 0.3 is 5.97 Å². The molecule has 1 unspecified atom stereocenters. The van der Waals surface area contributed by atoms with Gasteiger partial charge in [-0.3, -0.25) is 4.79 Å². The predicted octanol–water partition coefficient (Wildman–Crippen LogP) is 3.92. The molecule has 3 N–H and O–H groups in total. The van der Waals surface area contributed by atoms with Crippen LogP contribution in [-0.4, -0.2) is 16.9 Å². The van der Waals surface area contributed by atoms with Crippen LogP contribution in [0, 0.1) is 11.8 Å². The van der Waals surface area contributed by atoms with Gasteiger partial charge in [-0.25, -0.2) is 4.79 Å². The fraction of sp³-hybridized carbons (Fsp3) is 0.273. The molecule has 0 heterocycles. The van der Waals surface area contributed by atoms with Crippen LogP contribution in [0.15, 0.2) is 64.8 Å². The molecular weight excluding hydrogens is 326 g/mol. The zero-order valence-electron chi connectivity index (χ0n) is 14.7. The number of carboxylic acids is 1. The molecule has 0 saturated heterocycles. The second-order valence-corrected chi connectivity index (χ2v) is 7.26. The topological polar surface area (TPSA) is 80.4 Å². The van der Waals surface area contributed by atoms with Gasteiger partial charge in [-0.05, 0) is 71.7 Å². The Morgan fingerprint density at radius 1 is 1.19 bits per heavy atom. The van der Waals surface area contributed by atoms with E-state index in [0.29, 0.717) is 5.92 Å². The monoisotopic (exact) mass is 347 g/mol. The van der Waals surface area contributed by atoms with Gasteiger partial charge in [-0.2, -0.15) is 0 Å². The molecule has 0 amide bonds. The number of benzene rings is 1. The van der Waals surface area contributed by atoms with Crippen molar-refractivity contribution in [1.82, 2.24) is 0 Å². The summed E-state index contributed by atoms with van der Waals surface area (Å²) in [5.41, 5.74) is 11.9. The first-order chi connectivity index (χ1) is 12.5. The normalized spacial score (nSPS) is 22.9. The second-order valence-electron chi connectivity index (χ2n) is 7.26. The van der Waals surface area contributed by atoms with Gasteiger partial charge in [0.05, 0.1) is 0 Å². The first-order valence-corrected chi connectivity index (χ1v) is 8.93. The maximum absolute atomic E-state index is 12.5. The van der Waals surface area contributed by atoms with Crippen molar-refractivity contribution in [2.24, 2.45) is 11.8 Å². The summed E-state index contributed by atoms with van der Waals surface area (Å²) in [4.78, 5) is 24.0. The van der Waals surface area contributed by atoms with Crippen LogP contribution in [0.1, 0.15) is 31.7 Å². The van der Waals surface area contributed by atoms with Crippen molar-refractivity contribution in [3.8, 4) is 0 Å². The van der Waals surface area contributed by atoms with Gasteiger partial charge in [0.2, 0.25) is 0 Å². The van der Waals surface area contributed by atoms with Crippen LogP contribution < -0.4 is 5.73 Å². The standard InChI is InChI=1S/C22H21NO3/c1-12-17(13-4-7-16(23)8-5-13)9-6-15-10-20(24)19(22(25)26)11-18(21(12)15)14-2-3-14/h4-9,11,14-15H,2-3,10,23H2,1H3,(H,25,26). The molecule has 4 rings (SSSR count). The Hall–Kier alpha value is -2.88. The van der Waals surface area contributed by atoms with E-state index in [2.05, 4.69) is 13.0 Å². The summed E-state index contributed by atoms with van der Waals surface area (Å²) in [5.74, 6) is -1.11. The summed E-state index contributed by atoms with van der Waals surface area (Å²) in [6.45, 7) is 2.07. The summed E-state index contributed by atoms with van der Waals surface area (Å²) < 4.78 is 0. The Morgan fingerprint density at radius 2 is 1.88 bits per heavy atom. The Bertz CT molecular complexity index is 925. The van der Waals surface area contributed by atoms with Gasteiger partial charge in [0.1, 0.15) is 5.57 Å². The van der Waals surface area contributed by atoms with Crippen LogP contribution in [0.25, 0.3) is 5.57 Å². The van der Waals surface area contributed by atoms with E-state index in [1.165, 1.54) is 0 Å². The Morgan fingerprint density at radius 3 is 2.50 bits per heavy atom. The fourth-order valence-electron chi connectivity index (χ4n) is 3.97. The molecule has 0 bridgehead atoms. The smallest absolute Gasteiger partial charge is 0.339 e. The maximum atomic E-state index is 12.5. The molecule has 132 valence electrons. The number of Topliss-reactive ketones (excluding diaryl/α,β-unsaturated/α-hetero) is 1. The third-order valence-electron chi connectivity index (χ3n) is 5.46. The number of rotatable bonds is 3. The number of aliphatic carboxylic acids is 1. The number of fused-ring (bicyclic) bond motifs is 1. The quantitative estimate of drug-likeness (QED) is 0.641. The number of nitrogen functional groups attached to an aromatic ring is 1. The van der Waals surface area contributed by atoms with Crippen molar-refractivity contribution in [2.75, 3.05) is 5.73 Å². The van der Waals surface area contributed by atoms with E-state index in [-0.39, 0.29) is 23.7 Å². The van der Waals surface area contributed by atoms with Crippen molar-refractivity contribution in [3.05, 3.63) is 70.3 Å². The van der Waals surface area contributed by atoms with Crippen LogP contribution in [0.4, 0.5) is 5.69 Å². The van der Waals surface area contributed by atoms with Crippen molar-refractivity contribution < 1.29 is 14.7 Å². The molecule has 0 radical (unpaired) electrons. The van der Waals surface area contributed by atoms with Crippen LogP contribution in [0.2, 0.25) is 0 Å². The zero-order chi connectivity index (χ0) is 18.4. The number of allylic oxidation sites excluding steroid dienone is 7. The Kier molecular flexibility index (Phi) is 3.91. The fourth-order valence-corrected chi connectivity index (χ4v) is 3.97. The second kappa shape index (κ2) is 6.13. The third kappa shape index (κ3) is 2.81. The molecule has 1 aromatic carbocycles. The van der Waals surface area contributed by atoms with Crippen LogP contribution in [0.3, 0.4) is 0 Å². The minimum Gasteiger partial charge on any atom is -0.478 e. The predicted molar refractivity (Wildman–Crippen MR) is 101 cm³/mol. The van der Waals surface area contributed by atoms with Crippen molar-refractivity contribution in [3.63, 3.8) is 0 Å². The molecule has 0 aromatic heterocycles. The lowest BCUT2D eigenvalue weighted by Crippen LogP contribution is -2.16. The lowest BCUT2D eigenvalue weighted by atomic mass is 9.78. The number of hydrogen-bond acceptors (Lipinski definition) is 3. The van der Waals surface area contributed by atoms with Crippen molar-refractivity contribution in [2.45, 2.75) is 26.2 Å². The van der Waals surface area contributed by atoms with Crippen LogP contribution in [0.5, 0.6) is 0 Å². The van der Waals surface area contributed by atoms with Gasteiger partial charge in [0.25, 0.3) is 0 Å². The molecule has 4 nitrogen and oxygen atoms in total. The highest BCUT2D eigenvalue weighted by atomic mass is 16.4. The largest absolute Gasteiger partial charge is 0.478 e. The average molecular weight is 347 g/mol. The van der Waals surface area contributed by atoms with Gasteiger partial charge in [0, 0.05) is 18.0 Å². The number of ketones is 1. The first-order valence-electron chi connectivity index (χ1n) is 8.93. The lowest BCUT2D eigenvalue weighted by molar-refractivity contribution is -0.134. The Balaban J connectivity index is 1.89. The molecule has 1 aromatic rings. The van der Waals surface area contributed by atoms with Gasteiger partial charge < -0.3 is 10.8 Å². The number of anilines is 1. The summed E-state index contributed by atoms with van der Waals surface area (Å²) in [5, 5.41) is 9.46. The SMILES string of the molecule is CC1=C(c2ccc(N)cc2)C=CC2CC(=O)C(C(=O)O)=CC(C3CC3)=C12. The van der Waals surface area contributed by atoms with E-state index in [9.17, 15) is 14.7 Å². The minimum atomic E-state index is -1.13. The first kappa shape index (κ1) is 16.6. The Labute approximate surface area is 152 Å². The van der Waals surface area contributed by atoms with E-state index >= 15 is 0 Å². The van der Waals surface area contributed by atoms with E-state index in [1.807, 2.05) is 30.3 Å². The summed E-state index contributed by atoms with van der Waals surface area (Å²) >= 11 is 0. The van der Waals surface area contributed by atoms with Crippen molar-refractivity contribution >= 4 is 23.0 Å². The molecule has 26 heavy (non-hydrogen) atoms. The van der Waals surface area contributed by atoms with E-state index < -0.39 is 5.97 Å². The van der Waals surface area contributed by atoms with Crippen LogP contribution in [-0.2, 0) is 9.59 Å². The minimum absolute atomic E-state index is 0.0521. The van der Waals surface area contributed by atoms with Crippen LogP contribution >= 0.6 is 0 Å². The summed E-state index contributed by atoms with van der Waals surface area (Å²) in [6, 6.07) is 7.75.